The fraction of sp³-hybridized carbons (Fsp3) is 0.192. The molecule has 9 heteroatoms. The van der Waals surface area contributed by atoms with Gasteiger partial charge in [0.05, 0.1) is 5.69 Å². The van der Waals surface area contributed by atoms with Crippen molar-refractivity contribution in [3.05, 3.63) is 81.8 Å². The number of likely N-dealkylation sites (N-methyl/N-ethyl adjacent to an activating group) is 1. The number of furan rings is 1. The van der Waals surface area contributed by atoms with E-state index in [1.807, 2.05) is 46.7 Å². The van der Waals surface area contributed by atoms with E-state index in [0.29, 0.717) is 16.5 Å². The van der Waals surface area contributed by atoms with Crippen LogP contribution in [0.3, 0.4) is 0 Å². The number of thiazole rings is 1. The van der Waals surface area contributed by atoms with Crippen molar-refractivity contribution in [3.63, 3.8) is 0 Å². The maximum atomic E-state index is 12.8. The molecule has 0 spiro atoms. The van der Waals surface area contributed by atoms with Crippen molar-refractivity contribution in [2.45, 2.75) is 0 Å². The first-order valence-electron chi connectivity index (χ1n) is 11.2. The second-order valence-electron chi connectivity index (χ2n) is 8.34. The van der Waals surface area contributed by atoms with Crippen LogP contribution in [0.25, 0.3) is 22.6 Å². The van der Waals surface area contributed by atoms with Crippen molar-refractivity contribution in [2.24, 2.45) is 0 Å². The van der Waals surface area contributed by atoms with Gasteiger partial charge in [-0.05, 0) is 43.4 Å². The molecule has 1 saturated heterocycles. The summed E-state index contributed by atoms with van der Waals surface area (Å²) >= 11 is 4.82. The molecule has 0 aliphatic carbocycles. The Morgan fingerprint density at radius 3 is 2.51 bits per heavy atom. The van der Waals surface area contributed by atoms with Crippen LogP contribution in [0.1, 0.15) is 20.9 Å². The van der Waals surface area contributed by atoms with Gasteiger partial charge < -0.3 is 14.2 Å². The van der Waals surface area contributed by atoms with Crippen molar-refractivity contribution >= 4 is 44.2 Å². The Balaban J connectivity index is 1.23. The smallest absolute Gasteiger partial charge is 0.293 e. The second-order valence-corrected chi connectivity index (χ2v) is 10.1. The van der Waals surface area contributed by atoms with Gasteiger partial charge in [-0.25, -0.2) is 4.98 Å². The van der Waals surface area contributed by atoms with Crippen molar-refractivity contribution in [3.8, 4) is 22.6 Å². The monoisotopic (exact) mass is 550 g/mol. The van der Waals surface area contributed by atoms with Crippen LogP contribution in [0.15, 0.2) is 74.9 Å². The summed E-state index contributed by atoms with van der Waals surface area (Å²) in [5.74, 6) is 0.419. The molecular weight excluding hydrogens is 528 g/mol. The van der Waals surface area contributed by atoms with Crippen LogP contribution >= 0.6 is 27.3 Å². The highest BCUT2D eigenvalue weighted by Gasteiger charge is 2.21. The molecule has 0 saturated carbocycles. The molecule has 3 heterocycles. The number of amides is 2. The summed E-state index contributed by atoms with van der Waals surface area (Å²) in [6.07, 6.45) is 0. The predicted octanol–water partition coefficient (Wildman–Crippen LogP) is 5.47. The van der Waals surface area contributed by atoms with Crippen molar-refractivity contribution in [1.29, 1.82) is 0 Å². The Hall–Kier alpha value is -3.27. The number of carbonyl (C=O) groups excluding carboxylic acids is 2. The van der Waals surface area contributed by atoms with Gasteiger partial charge in [-0.3, -0.25) is 14.9 Å². The van der Waals surface area contributed by atoms with Gasteiger partial charge in [0.25, 0.3) is 11.8 Å². The molecular formula is C26H23BrN4O3S. The van der Waals surface area contributed by atoms with Crippen LogP contribution < -0.4 is 5.32 Å². The Labute approximate surface area is 215 Å². The van der Waals surface area contributed by atoms with E-state index in [2.05, 4.69) is 38.2 Å². The SMILES string of the molecule is CN1CCN(C(=O)c2ccc(-c3ccc(C(=O)Nc4nc(-c5cccc(Br)c5)cs4)o3)cc2)CC1. The molecule has 5 rings (SSSR count). The van der Waals surface area contributed by atoms with Crippen LogP contribution in [0, 0.1) is 0 Å². The highest BCUT2D eigenvalue weighted by Crippen LogP contribution is 2.28. The molecule has 35 heavy (non-hydrogen) atoms. The maximum absolute atomic E-state index is 12.8. The van der Waals surface area contributed by atoms with Gasteiger partial charge in [0, 0.05) is 52.7 Å². The van der Waals surface area contributed by atoms with E-state index >= 15 is 0 Å². The summed E-state index contributed by atoms with van der Waals surface area (Å²) in [6.45, 7) is 3.23. The molecule has 0 atom stereocenters. The quantitative estimate of drug-likeness (QED) is 0.356. The number of nitrogens with one attached hydrogen (secondary N) is 1. The molecule has 1 aliphatic heterocycles. The molecule has 4 aromatic rings. The number of rotatable bonds is 5. The lowest BCUT2D eigenvalue weighted by molar-refractivity contribution is 0.0664. The van der Waals surface area contributed by atoms with Crippen LogP contribution in [-0.4, -0.2) is 59.8 Å². The van der Waals surface area contributed by atoms with Crippen molar-refractivity contribution < 1.29 is 14.0 Å². The van der Waals surface area contributed by atoms with E-state index in [0.717, 1.165) is 47.5 Å². The normalized spacial score (nSPS) is 14.2. The van der Waals surface area contributed by atoms with Gasteiger partial charge in [-0.2, -0.15) is 0 Å². The zero-order valence-electron chi connectivity index (χ0n) is 19.0. The van der Waals surface area contributed by atoms with Gasteiger partial charge in [-0.15, -0.1) is 11.3 Å². The summed E-state index contributed by atoms with van der Waals surface area (Å²) in [7, 11) is 2.06. The van der Waals surface area contributed by atoms with Gasteiger partial charge in [-0.1, -0.05) is 40.2 Å². The Kier molecular flexibility index (Phi) is 6.81. The third-order valence-electron chi connectivity index (χ3n) is 5.88. The standard InChI is InChI=1S/C26H23BrN4O3S/c1-30-11-13-31(14-12-30)25(33)18-7-5-17(6-8-18)22-9-10-23(34-22)24(32)29-26-28-21(16-35-26)19-3-2-4-20(27)15-19/h2-10,15-16H,11-14H2,1H3,(H,28,29,32). The number of benzene rings is 2. The number of aromatic nitrogens is 1. The number of halogens is 1. The lowest BCUT2D eigenvalue weighted by atomic mass is 10.1. The van der Waals surface area contributed by atoms with E-state index in [9.17, 15) is 9.59 Å². The average molecular weight is 551 g/mol. The van der Waals surface area contributed by atoms with E-state index < -0.39 is 0 Å². The minimum atomic E-state index is -0.367. The third kappa shape index (κ3) is 5.37. The third-order valence-corrected chi connectivity index (χ3v) is 7.13. The average Bonchev–Trinajstić information content (AvgIpc) is 3.55. The summed E-state index contributed by atoms with van der Waals surface area (Å²) in [5.41, 5.74) is 3.20. The number of carbonyl (C=O) groups is 2. The lowest BCUT2D eigenvalue weighted by Crippen LogP contribution is -2.47. The predicted molar refractivity (Wildman–Crippen MR) is 141 cm³/mol. The van der Waals surface area contributed by atoms with Crippen molar-refractivity contribution in [2.75, 3.05) is 38.5 Å². The van der Waals surface area contributed by atoms with Crippen molar-refractivity contribution in [1.82, 2.24) is 14.8 Å². The number of piperazine rings is 1. The molecule has 2 aromatic carbocycles. The number of anilines is 1. The topological polar surface area (TPSA) is 78.7 Å². The van der Waals surface area contributed by atoms with Gasteiger partial charge in [0.1, 0.15) is 5.76 Å². The molecule has 0 unspecified atom stereocenters. The molecule has 1 fully saturated rings. The minimum Gasteiger partial charge on any atom is -0.451 e. The number of hydrogen-bond donors (Lipinski definition) is 1. The molecule has 0 bridgehead atoms. The Morgan fingerprint density at radius 2 is 1.77 bits per heavy atom. The minimum absolute atomic E-state index is 0.0369. The molecule has 2 aromatic heterocycles. The van der Waals surface area contributed by atoms with E-state index in [1.54, 1.807) is 24.3 Å². The zero-order chi connectivity index (χ0) is 24.4. The highest BCUT2D eigenvalue weighted by molar-refractivity contribution is 9.10. The van der Waals surface area contributed by atoms with E-state index in [1.165, 1.54) is 11.3 Å². The zero-order valence-corrected chi connectivity index (χ0v) is 21.4. The van der Waals surface area contributed by atoms with Gasteiger partial charge >= 0.3 is 0 Å². The molecule has 0 radical (unpaired) electrons. The largest absolute Gasteiger partial charge is 0.451 e. The second kappa shape index (κ2) is 10.2. The number of nitrogens with zero attached hydrogens (tertiary/aromatic N) is 3. The van der Waals surface area contributed by atoms with E-state index in [4.69, 9.17) is 4.42 Å². The summed E-state index contributed by atoms with van der Waals surface area (Å²) < 4.78 is 6.76. The fourth-order valence-electron chi connectivity index (χ4n) is 3.85. The van der Waals surface area contributed by atoms with Crippen LogP contribution in [0.2, 0.25) is 0 Å². The lowest BCUT2D eigenvalue weighted by Gasteiger charge is -2.32. The van der Waals surface area contributed by atoms with Crippen LogP contribution in [-0.2, 0) is 0 Å². The fourth-order valence-corrected chi connectivity index (χ4v) is 4.97. The molecule has 1 N–H and O–H groups in total. The Bertz CT molecular complexity index is 1360. The molecule has 1 aliphatic rings. The van der Waals surface area contributed by atoms with Crippen LogP contribution in [0.5, 0.6) is 0 Å². The van der Waals surface area contributed by atoms with Gasteiger partial charge in [0.15, 0.2) is 10.9 Å². The summed E-state index contributed by atoms with van der Waals surface area (Å²) in [4.78, 5) is 34.1. The highest BCUT2D eigenvalue weighted by atomic mass is 79.9. The molecule has 7 nitrogen and oxygen atoms in total. The van der Waals surface area contributed by atoms with Gasteiger partial charge in [0.2, 0.25) is 0 Å². The summed E-state index contributed by atoms with van der Waals surface area (Å²) in [5, 5.41) is 5.19. The molecule has 2 amide bonds. The van der Waals surface area contributed by atoms with Crippen LogP contribution in [0.4, 0.5) is 5.13 Å². The summed E-state index contributed by atoms with van der Waals surface area (Å²) in [6, 6.07) is 18.5. The first-order chi connectivity index (χ1) is 17.0. The molecule has 178 valence electrons. The first kappa shape index (κ1) is 23.5. The van der Waals surface area contributed by atoms with E-state index in [-0.39, 0.29) is 17.6 Å². The maximum Gasteiger partial charge on any atom is 0.293 e. The first-order valence-corrected chi connectivity index (χ1v) is 12.8. The Morgan fingerprint density at radius 1 is 1.00 bits per heavy atom. The number of hydrogen-bond acceptors (Lipinski definition) is 6.